The number of nitrogens with zero attached hydrogens (tertiary/aromatic N) is 2. The first kappa shape index (κ1) is 22.8. The van der Waals surface area contributed by atoms with Crippen molar-refractivity contribution >= 4 is 21.6 Å². The topological polar surface area (TPSA) is 66.9 Å². The molecule has 0 aromatic heterocycles. The van der Waals surface area contributed by atoms with E-state index in [0.717, 1.165) is 43.5 Å². The molecule has 32 heavy (non-hydrogen) atoms. The van der Waals surface area contributed by atoms with E-state index in [-0.39, 0.29) is 22.9 Å². The number of piperidine rings is 1. The third-order valence-corrected chi connectivity index (χ3v) is 8.72. The largest absolute Gasteiger partial charge is 0.497 e. The first-order chi connectivity index (χ1) is 15.3. The number of carbonyl (C=O) groups is 1. The van der Waals surface area contributed by atoms with E-state index in [9.17, 15) is 13.2 Å². The summed E-state index contributed by atoms with van der Waals surface area (Å²) in [7, 11) is -2.03. The molecule has 1 saturated heterocycles. The van der Waals surface area contributed by atoms with Crippen LogP contribution in [0.5, 0.6) is 5.75 Å². The van der Waals surface area contributed by atoms with Gasteiger partial charge in [0, 0.05) is 29.9 Å². The van der Waals surface area contributed by atoms with E-state index < -0.39 is 10.0 Å². The molecule has 2 unspecified atom stereocenters. The van der Waals surface area contributed by atoms with Crippen molar-refractivity contribution in [3.63, 3.8) is 0 Å². The summed E-state index contributed by atoms with van der Waals surface area (Å²) >= 11 is 0. The molecule has 172 valence electrons. The first-order valence-electron chi connectivity index (χ1n) is 11.4. The molecule has 2 fully saturated rings. The zero-order valence-electron chi connectivity index (χ0n) is 19.0. The Hall–Kier alpha value is -2.38. The van der Waals surface area contributed by atoms with Gasteiger partial charge in [0.1, 0.15) is 5.75 Å². The summed E-state index contributed by atoms with van der Waals surface area (Å²) in [5.74, 6) is 1.00. The molecule has 2 aromatic rings. The summed E-state index contributed by atoms with van der Waals surface area (Å²) in [5.41, 5.74) is 1.17. The maximum Gasteiger partial charge on any atom is 0.258 e. The summed E-state index contributed by atoms with van der Waals surface area (Å²) in [6, 6.07) is 13.9. The molecular formula is C25H32N2O4S. The molecule has 0 N–H and O–H groups in total. The number of hydrogen-bond acceptors (Lipinski definition) is 4. The lowest BCUT2D eigenvalue weighted by Gasteiger charge is -2.32. The standard InChI is InChI=1S/C25H32N2O4S/c1-18-7-4-5-16-26(18)32(29,30)24-9-6-8-21(17-24)25(28)27(19(2)20-10-11-20)22-12-14-23(31-3)15-13-22/h6,8-9,12-15,17-20H,4-5,7,10-11,16H2,1-3H3. The van der Waals surface area contributed by atoms with Gasteiger partial charge in [0.2, 0.25) is 10.0 Å². The van der Waals surface area contributed by atoms with Gasteiger partial charge in [-0.15, -0.1) is 0 Å². The zero-order valence-corrected chi connectivity index (χ0v) is 19.8. The molecule has 2 aromatic carbocycles. The lowest BCUT2D eigenvalue weighted by molar-refractivity contribution is 0.0975. The highest BCUT2D eigenvalue weighted by molar-refractivity contribution is 7.89. The summed E-state index contributed by atoms with van der Waals surface area (Å²) < 4.78 is 33.5. The quantitative estimate of drug-likeness (QED) is 0.606. The highest BCUT2D eigenvalue weighted by Gasteiger charge is 2.36. The van der Waals surface area contributed by atoms with Gasteiger partial charge in [0.25, 0.3) is 5.91 Å². The molecule has 4 rings (SSSR count). The van der Waals surface area contributed by atoms with Crippen LogP contribution in [-0.4, -0.2) is 44.4 Å². The summed E-state index contributed by atoms with van der Waals surface area (Å²) in [5, 5.41) is 0. The number of hydrogen-bond donors (Lipinski definition) is 0. The van der Waals surface area contributed by atoms with Crippen LogP contribution in [-0.2, 0) is 10.0 Å². The van der Waals surface area contributed by atoms with Crippen LogP contribution in [0.1, 0.15) is 56.3 Å². The van der Waals surface area contributed by atoms with Gasteiger partial charge in [0.05, 0.1) is 12.0 Å². The van der Waals surface area contributed by atoms with Crippen molar-refractivity contribution in [1.82, 2.24) is 4.31 Å². The van der Waals surface area contributed by atoms with Gasteiger partial charge < -0.3 is 9.64 Å². The van der Waals surface area contributed by atoms with Gasteiger partial charge >= 0.3 is 0 Å². The number of carbonyl (C=O) groups excluding carboxylic acids is 1. The van der Waals surface area contributed by atoms with Gasteiger partial charge in [0.15, 0.2) is 0 Å². The van der Waals surface area contributed by atoms with Crippen LogP contribution in [0, 0.1) is 5.92 Å². The molecule has 1 amide bonds. The van der Waals surface area contributed by atoms with Crippen LogP contribution >= 0.6 is 0 Å². The summed E-state index contributed by atoms with van der Waals surface area (Å²) in [6.45, 7) is 4.54. The Morgan fingerprint density at radius 3 is 2.44 bits per heavy atom. The van der Waals surface area contributed by atoms with Crippen LogP contribution < -0.4 is 9.64 Å². The van der Waals surface area contributed by atoms with E-state index in [0.29, 0.717) is 18.0 Å². The first-order valence-corrected chi connectivity index (χ1v) is 12.9. The molecule has 6 nitrogen and oxygen atoms in total. The predicted octanol–water partition coefficient (Wildman–Crippen LogP) is 4.70. The smallest absolute Gasteiger partial charge is 0.258 e. The Labute approximate surface area is 191 Å². The van der Waals surface area contributed by atoms with Crippen LogP contribution in [0.15, 0.2) is 53.4 Å². The SMILES string of the molecule is COc1ccc(N(C(=O)c2cccc(S(=O)(=O)N3CCCCC3C)c2)C(C)C2CC2)cc1. The number of ether oxygens (including phenoxy) is 1. The Bertz CT molecular complexity index is 1060. The van der Waals surface area contributed by atoms with Crippen molar-refractivity contribution < 1.29 is 17.9 Å². The maximum atomic E-state index is 13.7. The lowest BCUT2D eigenvalue weighted by Crippen LogP contribution is -2.42. The third kappa shape index (κ3) is 4.55. The fourth-order valence-corrected chi connectivity index (χ4v) is 6.31. The number of anilines is 1. The van der Waals surface area contributed by atoms with E-state index in [1.54, 1.807) is 34.5 Å². The van der Waals surface area contributed by atoms with Crippen molar-refractivity contribution in [2.45, 2.75) is 62.9 Å². The van der Waals surface area contributed by atoms with Crippen LogP contribution in [0.25, 0.3) is 0 Å². The number of methoxy groups -OCH3 is 1. The second-order valence-electron chi connectivity index (χ2n) is 8.94. The monoisotopic (exact) mass is 456 g/mol. The molecule has 2 atom stereocenters. The van der Waals surface area contributed by atoms with Gasteiger partial charge in [-0.2, -0.15) is 4.31 Å². The van der Waals surface area contributed by atoms with Gasteiger partial charge in [-0.3, -0.25) is 4.79 Å². The Balaban J connectivity index is 1.67. The molecule has 1 saturated carbocycles. The average molecular weight is 457 g/mol. The number of rotatable bonds is 7. The van der Waals surface area contributed by atoms with E-state index in [1.165, 1.54) is 6.07 Å². The highest BCUT2D eigenvalue weighted by Crippen LogP contribution is 2.38. The number of sulfonamides is 1. The van der Waals surface area contributed by atoms with Gasteiger partial charge in [-0.25, -0.2) is 8.42 Å². The minimum atomic E-state index is -3.64. The molecule has 0 bridgehead atoms. The molecule has 1 heterocycles. The maximum absolute atomic E-state index is 13.7. The van der Waals surface area contributed by atoms with Gasteiger partial charge in [-0.1, -0.05) is 12.5 Å². The lowest BCUT2D eigenvalue weighted by atomic mass is 10.1. The van der Waals surface area contributed by atoms with E-state index >= 15 is 0 Å². The molecule has 1 aliphatic carbocycles. The fraction of sp³-hybridized carbons (Fsp3) is 0.480. The summed E-state index contributed by atoms with van der Waals surface area (Å²) in [4.78, 5) is 15.7. The van der Waals surface area contributed by atoms with Crippen molar-refractivity contribution in [2.24, 2.45) is 5.92 Å². The summed E-state index contributed by atoms with van der Waals surface area (Å²) in [6.07, 6.45) is 4.97. The van der Waals surface area contributed by atoms with Gasteiger partial charge in [-0.05, 0) is 87.9 Å². The minimum Gasteiger partial charge on any atom is -0.497 e. The Morgan fingerprint density at radius 2 is 1.81 bits per heavy atom. The van der Waals surface area contributed by atoms with Crippen molar-refractivity contribution in [2.75, 3.05) is 18.6 Å². The van der Waals surface area contributed by atoms with E-state index in [4.69, 9.17) is 4.74 Å². The van der Waals surface area contributed by atoms with Crippen molar-refractivity contribution in [3.05, 3.63) is 54.1 Å². The number of benzene rings is 2. The molecule has 7 heteroatoms. The third-order valence-electron chi connectivity index (χ3n) is 6.71. The fourth-order valence-electron chi connectivity index (χ4n) is 4.56. The molecule has 1 aliphatic heterocycles. The molecule has 0 radical (unpaired) electrons. The van der Waals surface area contributed by atoms with E-state index in [2.05, 4.69) is 6.92 Å². The second-order valence-corrected chi connectivity index (χ2v) is 10.8. The number of amides is 1. The average Bonchev–Trinajstić information content (AvgIpc) is 3.65. The highest BCUT2D eigenvalue weighted by atomic mass is 32.2. The van der Waals surface area contributed by atoms with Crippen LogP contribution in [0.4, 0.5) is 5.69 Å². The molecule has 2 aliphatic rings. The molecular weight excluding hydrogens is 424 g/mol. The van der Waals surface area contributed by atoms with Crippen molar-refractivity contribution in [3.8, 4) is 5.75 Å². The Kier molecular flexibility index (Phi) is 6.58. The minimum absolute atomic E-state index is 0.0262. The normalized spacial score (nSPS) is 20.5. The van der Waals surface area contributed by atoms with Crippen LogP contribution in [0.2, 0.25) is 0 Å². The Morgan fingerprint density at radius 1 is 1.09 bits per heavy atom. The zero-order chi connectivity index (χ0) is 22.9. The van der Waals surface area contributed by atoms with E-state index in [1.807, 2.05) is 31.2 Å². The van der Waals surface area contributed by atoms with Crippen molar-refractivity contribution in [1.29, 1.82) is 0 Å². The predicted molar refractivity (Wildman–Crippen MR) is 126 cm³/mol. The van der Waals surface area contributed by atoms with Crippen LogP contribution in [0.3, 0.4) is 0 Å². The molecule has 0 spiro atoms. The second kappa shape index (κ2) is 9.24.